The van der Waals surface area contributed by atoms with Gasteiger partial charge in [0.25, 0.3) is 5.91 Å². The summed E-state index contributed by atoms with van der Waals surface area (Å²) >= 11 is 2.25. The van der Waals surface area contributed by atoms with Gasteiger partial charge in [-0.05, 0) is 90.0 Å². The number of nitrogens with zero attached hydrogens (tertiary/aromatic N) is 1. The first kappa shape index (κ1) is 23.5. The third-order valence-corrected chi connectivity index (χ3v) is 5.80. The van der Waals surface area contributed by atoms with E-state index in [1.54, 1.807) is 7.11 Å². The third-order valence-electron chi connectivity index (χ3n) is 4.84. The monoisotopic (exact) mass is 540 g/mol. The molecule has 0 aliphatic rings. The lowest BCUT2D eigenvalue weighted by atomic mass is 9.98. The van der Waals surface area contributed by atoms with E-state index in [1.165, 1.54) is 47.0 Å². The molecule has 4 nitrogen and oxygen atoms in total. The average Bonchev–Trinajstić information content (AvgIpc) is 2.74. The Morgan fingerprint density at radius 3 is 2.38 bits per heavy atom. The Hall–Kier alpha value is -3.18. The molecular weight excluding hydrogens is 518 g/mol. The largest absolute Gasteiger partial charge is 0.496 e. The van der Waals surface area contributed by atoms with E-state index >= 15 is 0 Å². The fraction of sp³-hybridized carbons (Fsp3) is 0.154. The number of anilines is 1. The molecule has 6 heteroatoms. The zero-order chi connectivity index (χ0) is 23.3. The van der Waals surface area contributed by atoms with E-state index in [2.05, 4.69) is 60.0 Å². The first-order valence-corrected chi connectivity index (χ1v) is 11.0. The number of carbonyl (C=O) groups excluding carboxylic acids is 1. The number of nitrogens with one attached hydrogen (secondary N) is 1. The number of hydrogen-bond acceptors (Lipinski definition) is 3. The first-order valence-electron chi connectivity index (χ1n) is 9.91. The highest BCUT2D eigenvalue weighted by atomic mass is 127. The van der Waals surface area contributed by atoms with Gasteiger partial charge in [0.05, 0.1) is 7.11 Å². The molecule has 0 saturated carbocycles. The second kappa shape index (κ2) is 10.4. The molecule has 0 unspecified atom stereocenters. The zero-order valence-corrected chi connectivity index (χ0v) is 20.2. The number of benzene rings is 3. The van der Waals surface area contributed by atoms with Crippen molar-refractivity contribution in [1.82, 2.24) is 0 Å². The van der Waals surface area contributed by atoms with Crippen LogP contribution in [0.4, 0.5) is 10.1 Å². The minimum absolute atomic E-state index is 0.0609. The van der Waals surface area contributed by atoms with Crippen LogP contribution in [0.15, 0.2) is 60.2 Å². The minimum atomic E-state index is -0.563. The number of carbonyl (C=O) groups is 1. The maximum Gasteiger partial charge on any atom is 0.266 e. The Labute approximate surface area is 200 Å². The molecule has 0 aliphatic heterocycles. The van der Waals surface area contributed by atoms with Crippen molar-refractivity contribution < 1.29 is 13.9 Å². The van der Waals surface area contributed by atoms with Crippen molar-refractivity contribution in [1.29, 1.82) is 5.26 Å². The summed E-state index contributed by atoms with van der Waals surface area (Å²) in [6.45, 7) is 4.15. The third kappa shape index (κ3) is 5.95. The van der Waals surface area contributed by atoms with Gasteiger partial charge < -0.3 is 10.1 Å². The Morgan fingerprint density at radius 1 is 1.12 bits per heavy atom. The van der Waals surface area contributed by atoms with Gasteiger partial charge in [0.2, 0.25) is 0 Å². The van der Waals surface area contributed by atoms with E-state index in [0.29, 0.717) is 23.4 Å². The van der Waals surface area contributed by atoms with Crippen LogP contribution in [0.3, 0.4) is 0 Å². The Kier molecular flexibility index (Phi) is 7.65. The van der Waals surface area contributed by atoms with Gasteiger partial charge in [-0.15, -0.1) is 0 Å². The van der Waals surface area contributed by atoms with Crippen LogP contribution in [0.25, 0.3) is 6.08 Å². The molecule has 0 aliphatic carbocycles. The number of ether oxygens (including phenoxy) is 1. The van der Waals surface area contributed by atoms with E-state index in [1.807, 2.05) is 18.2 Å². The van der Waals surface area contributed by atoms with Gasteiger partial charge in [0.1, 0.15) is 23.2 Å². The first-order chi connectivity index (χ1) is 15.3. The maximum atomic E-state index is 13.1. The lowest BCUT2D eigenvalue weighted by molar-refractivity contribution is -0.112. The second-order valence-corrected chi connectivity index (χ2v) is 8.65. The Bertz CT molecular complexity index is 1210. The van der Waals surface area contributed by atoms with Crippen LogP contribution >= 0.6 is 22.6 Å². The molecular formula is C26H22FIN2O2. The summed E-state index contributed by atoms with van der Waals surface area (Å²) in [7, 11) is 1.61. The summed E-state index contributed by atoms with van der Waals surface area (Å²) in [6, 6.07) is 17.5. The highest BCUT2D eigenvalue weighted by molar-refractivity contribution is 14.1. The van der Waals surface area contributed by atoms with Crippen LogP contribution in [0.1, 0.15) is 27.8 Å². The second-order valence-electron chi connectivity index (χ2n) is 7.49. The van der Waals surface area contributed by atoms with Gasteiger partial charge in [0, 0.05) is 21.2 Å². The summed E-state index contributed by atoms with van der Waals surface area (Å²) in [4.78, 5) is 12.5. The number of amides is 1. The predicted molar refractivity (Wildman–Crippen MR) is 133 cm³/mol. The summed E-state index contributed by atoms with van der Waals surface area (Å²) in [5, 5.41) is 12.1. The quantitative estimate of drug-likeness (QED) is 0.230. The van der Waals surface area contributed by atoms with Crippen molar-refractivity contribution in [2.24, 2.45) is 0 Å². The standard InChI is InChI=1S/C26H22FIN2O2/c1-16-8-17(2)10-18(9-16)12-23-24(28)13-19(14-25(23)32-3)11-20(15-29)26(31)30-22-6-4-21(27)5-7-22/h4-11,13-14H,12H2,1-3H3,(H,30,31)/b20-11+. The number of halogens is 2. The average molecular weight is 540 g/mol. The number of methoxy groups -OCH3 is 1. The molecule has 0 heterocycles. The topological polar surface area (TPSA) is 62.1 Å². The fourth-order valence-corrected chi connectivity index (χ4v) is 4.31. The minimum Gasteiger partial charge on any atom is -0.496 e. The summed E-state index contributed by atoms with van der Waals surface area (Å²) in [5.74, 6) is -0.271. The maximum absolute atomic E-state index is 13.1. The van der Waals surface area contributed by atoms with Crippen molar-refractivity contribution >= 4 is 40.3 Å². The molecule has 0 radical (unpaired) electrons. The predicted octanol–water partition coefficient (Wildman–Crippen LogP) is 6.19. The lowest BCUT2D eigenvalue weighted by Crippen LogP contribution is -2.13. The van der Waals surface area contributed by atoms with Crippen LogP contribution in [0.2, 0.25) is 0 Å². The van der Waals surface area contributed by atoms with Crippen molar-refractivity contribution in [3.8, 4) is 11.8 Å². The van der Waals surface area contributed by atoms with E-state index in [9.17, 15) is 14.4 Å². The van der Waals surface area contributed by atoms with E-state index in [0.717, 1.165) is 9.13 Å². The van der Waals surface area contributed by atoms with Crippen molar-refractivity contribution in [3.63, 3.8) is 0 Å². The van der Waals surface area contributed by atoms with Crippen molar-refractivity contribution in [2.75, 3.05) is 12.4 Å². The molecule has 0 aromatic heterocycles. The van der Waals surface area contributed by atoms with E-state index in [4.69, 9.17) is 4.74 Å². The highest BCUT2D eigenvalue weighted by Crippen LogP contribution is 2.30. The Balaban J connectivity index is 1.89. The smallest absolute Gasteiger partial charge is 0.266 e. The number of rotatable bonds is 6. The molecule has 0 spiro atoms. The van der Waals surface area contributed by atoms with Crippen molar-refractivity contribution in [3.05, 3.63) is 97.4 Å². The molecule has 1 N–H and O–H groups in total. The van der Waals surface area contributed by atoms with Gasteiger partial charge in [-0.1, -0.05) is 29.3 Å². The Morgan fingerprint density at radius 2 is 1.78 bits per heavy atom. The number of hydrogen-bond donors (Lipinski definition) is 1. The van der Waals surface area contributed by atoms with Gasteiger partial charge in [-0.2, -0.15) is 5.26 Å². The van der Waals surface area contributed by atoms with Crippen LogP contribution < -0.4 is 10.1 Å². The van der Waals surface area contributed by atoms with Crippen LogP contribution in [-0.4, -0.2) is 13.0 Å². The summed E-state index contributed by atoms with van der Waals surface area (Å²) in [6.07, 6.45) is 2.23. The van der Waals surface area contributed by atoms with Crippen LogP contribution in [0, 0.1) is 34.6 Å². The lowest BCUT2D eigenvalue weighted by Gasteiger charge is -2.14. The zero-order valence-electron chi connectivity index (χ0n) is 18.0. The van der Waals surface area contributed by atoms with E-state index in [-0.39, 0.29) is 5.57 Å². The van der Waals surface area contributed by atoms with Gasteiger partial charge in [-0.3, -0.25) is 4.79 Å². The SMILES string of the molecule is COc1cc(/C=C(\C#N)C(=O)Nc2ccc(F)cc2)cc(I)c1Cc1cc(C)cc(C)c1. The van der Waals surface area contributed by atoms with Gasteiger partial charge >= 0.3 is 0 Å². The van der Waals surface area contributed by atoms with Gasteiger partial charge in [0.15, 0.2) is 0 Å². The van der Waals surface area contributed by atoms with Gasteiger partial charge in [-0.25, -0.2) is 4.39 Å². The van der Waals surface area contributed by atoms with Crippen LogP contribution in [-0.2, 0) is 11.2 Å². The summed E-state index contributed by atoms with van der Waals surface area (Å²) < 4.78 is 19.7. The molecule has 1 amide bonds. The van der Waals surface area contributed by atoms with Crippen molar-refractivity contribution in [2.45, 2.75) is 20.3 Å². The molecule has 0 atom stereocenters. The fourth-order valence-electron chi connectivity index (χ4n) is 3.49. The molecule has 0 bridgehead atoms. The molecule has 32 heavy (non-hydrogen) atoms. The van der Waals surface area contributed by atoms with E-state index < -0.39 is 11.7 Å². The molecule has 3 aromatic carbocycles. The molecule has 0 saturated heterocycles. The molecule has 3 aromatic rings. The summed E-state index contributed by atoms with van der Waals surface area (Å²) in [5.41, 5.74) is 5.69. The number of aryl methyl sites for hydroxylation is 2. The molecule has 0 fully saturated rings. The molecule has 162 valence electrons. The highest BCUT2D eigenvalue weighted by Gasteiger charge is 2.14. The van der Waals surface area contributed by atoms with Crippen LogP contribution in [0.5, 0.6) is 5.75 Å². The normalized spacial score (nSPS) is 11.1. The molecule has 3 rings (SSSR count). The number of nitriles is 1.